The second kappa shape index (κ2) is 13.4. The largest absolute Gasteiger partial charge is 0.456 e. The Morgan fingerprint density at radius 2 is 0.879 bits per heavy atom. The summed E-state index contributed by atoms with van der Waals surface area (Å²) in [7, 11) is 0. The highest BCUT2D eigenvalue weighted by molar-refractivity contribution is 6.13. The second-order valence-corrected chi connectivity index (χ2v) is 15.6. The van der Waals surface area contributed by atoms with E-state index < -0.39 is 0 Å². The van der Waals surface area contributed by atoms with Crippen LogP contribution in [-0.4, -0.2) is 15.0 Å². The van der Waals surface area contributed by atoms with Crippen molar-refractivity contribution in [3.63, 3.8) is 0 Å². The van der Waals surface area contributed by atoms with Crippen molar-refractivity contribution < 1.29 is 4.42 Å². The molecule has 0 radical (unpaired) electrons. The molecule has 0 fully saturated rings. The average Bonchev–Trinajstić information content (AvgIpc) is 3.78. The zero-order valence-corrected chi connectivity index (χ0v) is 32.1. The molecule has 274 valence electrons. The van der Waals surface area contributed by atoms with E-state index in [4.69, 9.17) is 19.4 Å². The lowest BCUT2D eigenvalue weighted by Crippen LogP contribution is -2.14. The third-order valence-corrected chi connectivity index (χ3v) is 11.7. The van der Waals surface area contributed by atoms with Crippen LogP contribution >= 0.6 is 0 Å². The van der Waals surface area contributed by atoms with Crippen molar-refractivity contribution in [1.29, 1.82) is 0 Å². The molecule has 58 heavy (non-hydrogen) atoms. The first-order chi connectivity index (χ1) is 28.5. The van der Waals surface area contributed by atoms with Crippen LogP contribution in [0.1, 0.15) is 25.0 Å². The molecule has 11 rings (SSSR count). The molecule has 0 amide bonds. The molecule has 0 bridgehead atoms. The molecule has 4 nitrogen and oxygen atoms in total. The zero-order valence-electron chi connectivity index (χ0n) is 32.1. The Hall–Kier alpha value is -7.43. The van der Waals surface area contributed by atoms with Crippen LogP contribution in [0.2, 0.25) is 0 Å². The van der Waals surface area contributed by atoms with Crippen molar-refractivity contribution in [1.82, 2.24) is 15.0 Å². The Bertz CT molecular complexity index is 3200. The summed E-state index contributed by atoms with van der Waals surface area (Å²) in [4.78, 5) is 15.5. The van der Waals surface area contributed by atoms with Crippen LogP contribution < -0.4 is 0 Å². The third-order valence-electron chi connectivity index (χ3n) is 11.7. The van der Waals surface area contributed by atoms with Gasteiger partial charge in [0.2, 0.25) is 0 Å². The molecule has 1 aliphatic carbocycles. The normalized spacial score (nSPS) is 12.8. The van der Waals surface area contributed by atoms with Gasteiger partial charge >= 0.3 is 0 Å². The maximum absolute atomic E-state index is 6.47. The molecule has 2 heterocycles. The van der Waals surface area contributed by atoms with E-state index in [1.54, 1.807) is 0 Å². The lowest BCUT2D eigenvalue weighted by molar-refractivity contribution is 0.660. The Balaban J connectivity index is 0.996. The topological polar surface area (TPSA) is 51.8 Å². The Morgan fingerprint density at radius 3 is 1.64 bits per heavy atom. The van der Waals surface area contributed by atoms with Crippen molar-refractivity contribution in [3.05, 3.63) is 199 Å². The van der Waals surface area contributed by atoms with E-state index in [9.17, 15) is 0 Å². The summed E-state index contributed by atoms with van der Waals surface area (Å²) in [5.74, 6) is 1.95. The van der Waals surface area contributed by atoms with Crippen LogP contribution in [0.3, 0.4) is 0 Å². The van der Waals surface area contributed by atoms with Crippen molar-refractivity contribution >= 4 is 21.9 Å². The van der Waals surface area contributed by atoms with Crippen molar-refractivity contribution in [3.8, 4) is 78.7 Å². The molecule has 0 atom stereocenters. The van der Waals surface area contributed by atoms with Gasteiger partial charge in [0.1, 0.15) is 11.2 Å². The monoisotopic (exact) mass is 743 g/mol. The average molecular weight is 744 g/mol. The lowest BCUT2D eigenvalue weighted by atomic mass is 9.82. The molecule has 1 aliphatic rings. The Labute approximate surface area is 337 Å². The summed E-state index contributed by atoms with van der Waals surface area (Å²) in [5.41, 5.74) is 16.3. The fourth-order valence-corrected chi connectivity index (χ4v) is 8.86. The van der Waals surface area contributed by atoms with Crippen LogP contribution in [0.25, 0.3) is 101 Å². The van der Waals surface area contributed by atoms with Crippen LogP contribution in [0.15, 0.2) is 192 Å². The predicted molar refractivity (Wildman–Crippen MR) is 237 cm³/mol. The van der Waals surface area contributed by atoms with E-state index in [2.05, 4.69) is 184 Å². The second-order valence-electron chi connectivity index (χ2n) is 15.6. The van der Waals surface area contributed by atoms with E-state index in [0.29, 0.717) is 17.5 Å². The molecule has 8 aromatic carbocycles. The van der Waals surface area contributed by atoms with E-state index in [1.165, 1.54) is 33.4 Å². The van der Waals surface area contributed by atoms with E-state index in [0.717, 1.165) is 60.9 Å². The highest BCUT2D eigenvalue weighted by atomic mass is 16.3. The molecular formula is C54H37N3O. The standard InChI is InChI=1S/C54H37N3O/c1-54(2)45-26-10-9-23-42(45)49-44(25-13-27-46(49)54)53-56-51(35-17-7-4-8-18-35)55-52(57-53)40-22-12-21-38(32-40)36-19-11-20-37(31-36)39-29-30-43-48(33-39)58-47-28-14-24-41(50(43)47)34-15-5-3-6-16-34/h3-33H,1-2H3. The van der Waals surface area contributed by atoms with Crippen molar-refractivity contribution in [2.24, 2.45) is 0 Å². The summed E-state index contributed by atoms with van der Waals surface area (Å²) >= 11 is 0. The number of hydrogen-bond acceptors (Lipinski definition) is 4. The molecule has 2 aromatic heterocycles. The van der Waals surface area contributed by atoms with Crippen LogP contribution in [0.4, 0.5) is 0 Å². The van der Waals surface area contributed by atoms with Crippen molar-refractivity contribution in [2.45, 2.75) is 19.3 Å². The first-order valence-corrected chi connectivity index (χ1v) is 19.8. The van der Waals surface area contributed by atoms with E-state index in [-0.39, 0.29) is 5.41 Å². The fourth-order valence-electron chi connectivity index (χ4n) is 8.86. The van der Waals surface area contributed by atoms with Gasteiger partial charge in [-0.15, -0.1) is 0 Å². The van der Waals surface area contributed by atoms with Gasteiger partial charge in [-0.25, -0.2) is 15.0 Å². The van der Waals surface area contributed by atoms with Crippen LogP contribution in [0.5, 0.6) is 0 Å². The first-order valence-electron chi connectivity index (χ1n) is 19.8. The van der Waals surface area contributed by atoms with Gasteiger partial charge < -0.3 is 4.42 Å². The predicted octanol–water partition coefficient (Wildman–Crippen LogP) is 14.1. The first kappa shape index (κ1) is 33.9. The molecule has 0 saturated carbocycles. The van der Waals surface area contributed by atoms with Gasteiger partial charge in [-0.05, 0) is 86.0 Å². The number of benzene rings is 8. The molecule has 4 heteroatoms. The van der Waals surface area contributed by atoms with Gasteiger partial charge in [0.05, 0.1) is 0 Å². The molecule has 0 unspecified atom stereocenters. The SMILES string of the molecule is CC1(C)c2ccccc2-c2c(-c3nc(-c4ccccc4)nc(-c4cccc(-c5cccc(-c6ccc7c(c6)oc6cccc(-c8ccccc8)c67)c5)c4)n3)cccc21. The van der Waals surface area contributed by atoms with Gasteiger partial charge in [-0.2, -0.15) is 0 Å². The minimum Gasteiger partial charge on any atom is -0.456 e. The molecule has 0 saturated heterocycles. The minimum absolute atomic E-state index is 0.132. The quantitative estimate of drug-likeness (QED) is 0.170. The van der Waals surface area contributed by atoms with Gasteiger partial charge in [0.15, 0.2) is 17.5 Å². The molecular weight excluding hydrogens is 707 g/mol. The number of furan rings is 1. The van der Waals surface area contributed by atoms with Gasteiger partial charge in [0.25, 0.3) is 0 Å². The van der Waals surface area contributed by atoms with E-state index in [1.807, 2.05) is 18.2 Å². The van der Waals surface area contributed by atoms with Gasteiger partial charge in [-0.3, -0.25) is 0 Å². The summed E-state index contributed by atoms with van der Waals surface area (Å²) < 4.78 is 6.47. The highest BCUT2D eigenvalue weighted by Gasteiger charge is 2.37. The number of rotatable bonds is 6. The molecule has 10 aromatic rings. The number of fused-ring (bicyclic) bond motifs is 6. The van der Waals surface area contributed by atoms with Gasteiger partial charge in [-0.1, -0.05) is 172 Å². The molecule has 0 spiro atoms. The van der Waals surface area contributed by atoms with Crippen molar-refractivity contribution in [2.75, 3.05) is 0 Å². The number of hydrogen-bond donors (Lipinski definition) is 0. The summed E-state index contributed by atoms with van der Waals surface area (Å²) in [6.07, 6.45) is 0. The number of aromatic nitrogens is 3. The smallest absolute Gasteiger partial charge is 0.164 e. The Morgan fingerprint density at radius 1 is 0.362 bits per heavy atom. The maximum atomic E-state index is 6.47. The van der Waals surface area contributed by atoms with E-state index >= 15 is 0 Å². The fraction of sp³-hybridized carbons (Fsp3) is 0.0556. The summed E-state index contributed by atoms with van der Waals surface area (Å²) in [5, 5.41) is 2.25. The maximum Gasteiger partial charge on any atom is 0.164 e. The van der Waals surface area contributed by atoms with Crippen LogP contribution in [0, 0.1) is 0 Å². The Kier molecular flexibility index (Phi) is 7.80. The molecule has 0 N–H and O–H groups in total. The molecule has 0 aliphatic heterocycles. The minimum atomic E-state index is -0.132. The summed E-state index contributed by atoms with van der Waals surface area (Å²) in [6, 6.07) is 66.0. The third kappa shape index (κ3) is 5.56. The zero-order chi connectivity index (χ0) is 38.8. The summed E-state index contributed by atoms with van der Waals surface area (Å²) in [6.45, 7) is 4.60. The van der Waals surface area contributed by atoms with Gasteiger partial charge in [0, 0.05) is 32.9 Å². The lowest BCUT2D eigenvalue weighted by Gasteiger charge is -2.21. The highest BCUT2D eigenvalue weighted by Crippen LogP contribution is 2.51. The number of nitrogens with zero attached hydrogens (tertiary/aromatic N) is 3. The van der Waals surface area contributed by atoms with Crippen LogP contribution in [-0.2, 0) is 5.41 Å².